The van der Waals surface area contributed by atoms with E-state index >= 15 is 4.39 Å². The number of carbonyl (C=O) groups excluding carboxylic acids is 1. The van der Waals surface area contributed by atoms with Gasteiger partial charge in [-0.15, -0.1) is 0 Å². The molecule has 0 aliphatic carbocycles. The second-order valence-corrected chi connectivity index (χ2v) is 8.49. The molecule has 11 heteroatoms. The number of rotatable bonds is 8. The van der Waals surface area contributed by atoms with E-state index in [0.29, 0.717) is 17.5 Å². The van der Waals surface area contributed by atoms with E-state index in [0.717, 1.165) is 16.4 Å². The van der Waals surface area contributed by atoms with Gasteiger partial charge in [-0.1, -0.05) is 19.1 Å². The fourth-order valence-electron chi connectivity index (χ4n) is 3.74. The van der Waals surface area contributed by atoms with E-state index in [4.69, 9.17) is 0 Å². The zero-order chi connectivity index (χ0) is 25.3. The number of anilines is 1. The normalized spacial score (nSPS) is 12.0. The van der Waals surface area contributed by atoms with Crippen LogP contribution in [0.1, 0.15) is 39.6 Å². The van der Waals surface area contributed by atoms with Crippen molar-refractivity contribution in [2.75, 3.05) is 10.8 Å². The van der Waals surface area contributed by atoms with Crippen molar-refractivity contribution in [3.8, 4) is 11.1 Å². The number of carboxylic acids is 1. The van der Waals surface area contributed by atoms with E-state index in [1.54, 1.807) is 25.1 Å². The fourth-order valence-corrected chi connectivity index (χ4v) is 4.37. The number of hydrogen-bond donors (Lipinski definition) is 2. The van der Waals surface area contributed by atoms with Gasteiger partial charge in [0.15, 0.2) is 5.82 Å². The lowest BCUT2D eigenvalue weighted by Gasteiger charge is -2.26. The van der Waals surface area contributed by atoms with Crippen LogP contribution in [0.2, 0.25) is 0 Å². The number of pyridine rings is 1. The van der Waals surface area contributed by atoms with Gasteiger partial charge in [0.1, 0.15) is 11.5 Å². The first-order valence-electron chi connectivity index (χ1n) is 10.4. The summed E-state index contributed by atoms with van der Waals surface area (Å²) in [5, 5.41) is 9.50. The maximum atomic E-state index is 15.3. The minimum Gasteiger partial charge on any atom is -0.755 e. The number of aromatic carboxylic acids is 1. The number of aromatic amines is 1. The smallest absolute Gasteiger partial charge is 0.335 e. The standard InChI is InChI=1S/C24H19F2N3O5S/c1-2-8-29(35(33)34)19-7-6-18(25)20(21(19)26)22(30)17-12-28-23-16(17)10-15(11-27-23)13-4-3-5-14(9-13)24(31)32/h3-7,9-12H,2,8H2,1H3,(H,27,28)(H,31,32)(H,33,34)/p-1. The molecule has 0 saturated carbocycles. The largest absolute Gasteiger partial charge is 0.755 e. The Kier molecular flexibility index (Phi) is 6.72. The molecule has 4 aromatic rings. The van der Waals surface area contributed by atoms with Gasteiger partial charge in [0.25, 0.3) is 0 Å². The lowest BCUT2D eigenvalue weighted by atomic mass is 9.99. The third-order valence-electron chi connectivity index (χ3n) is 5.39. The molecule has 2 N–H and O–H groups in total. The summed E-state index contributed by atoms with van der Waals surface area (Å²) in [6.07, 6.45) is 3.11. The Balaban J connectivity index is 1.82. The molecule has 0 aliphatic rings. The van der Waals surface area contributed by atoms with Gasteiger partial charge in [-0.05, 0) is 42.3 Å². The van der Waals surface area contributed by atoms with Crippen molar-refractivity contribution >= 4 is 39.7 Å². The van der Waals surface area contributed by atoms with Crippen molar-refractivity contribution in [1.82, 2.24) is 9.97 Å². The SMILES string of the molecule is CCCN(c1ccc(F)c(C(=O)c2c[nH]c3ncc(-c4cccc(C(=O)O)c4)cc23)c1F)S(=O)[O-]. The topological polar surface area (TPSA) is 126 Å². The third-order valence-corrected chi connectivity index (χ3v) is 6.13. The number of carboxylic acid groups (broad SMARTS) is 1. The Morgan fingerprint density at radius 3 is 2.63 bits per heavy atom. The molecule has 2 aromatic heterocycles. The summed E-state index contributed by atoms with van der Waals surface area (Å²) < 4.78 is 53.9. The van der Waals surface area contributed by atoms with Crippen molar-refractivity contribution in [2.24, 2.45) is 0 Å². The van der Waals surface area contributed by atoms with Crippen molar-refractivity contribution < 1.29 is 32.2 Å². The fraction of sp³-hybridized carbons (Fsp3) is 0.125. The summed E-state index contributed by atoms with van der Waals surface area (Å²) in [6.45, 7) is 1.64. The molecule has 0 saturated heterocycles. The molecule has 0 radical (unpaired) electrons. The van der Waals surface area contributed by atoms with E-state index in [-0.39, 0.29) is 28.7 Å². The zero-order valence-corrected chi connectivity index (χ0v) is 19.1. The van der Waals surface area contributed by atoms with Crippen LogP contribution in [0.3, 0.4) is 0 Å². The molecule has 8 nitrogen and oxygen atoms in total. The van der Waals surface area contributed by atoms with E-state index in [1.807, 2.05) is 0 Å². The molecule has 1 unspecified atom stereocenters. The average molecular weight is 498 g/mol. The van der Waals surface area contributed by atoms with Crippen molar-refractivity contribution in [2.45, 2.75) is 13.3 Å². The van der Waals surface area contributed by atoms with Crippen LogP contribution in [-0.4, -0.2) is 42.1 Å². The lowest BCUT2D eigenvalue weighted by molar-refractivity contribution is 0.0696. The molecule has 35 heavy (non-hydrogen) atoms. The molecule has 4 rings (SSSR count). The first-order valence-corrected chi connectivity index (χ1v) is 11.5. The minimum atomic E-state index is -2.83. The maximum absolute atomic E-state index is 15.3. The molecule has 2 heterocycles. The van der Waals surface area contributed by atoms with Gasteiger partial charge < -0.3 is 14.6 Å². The Bertz CT molecular complexity index is 1490. The van der Waals surface area contributed by atoms with Crippen LogP contribution >= 0.6 is 0 Å². The van der Waals surface area contributed by atoms with Gasteiger partial charge in [-0.3, -0.25) is 13.3 Å². The Labute approximate surface area is 200 Å². The monoisotopic (exact) mass is 498 g/mol. The molecule has 1 atom stereocenters. The average Bonchev–Trinajstić information content (AvgIpc) is 3.26. The second kappa shape index (κ2) is 9.72. The number of nitrogens with zero attached hydrogens (tertiary/aromatic N) is 2. The summed E-state index contributed by atoms with van der Waals surface area (Å²) >= 11 is -2.83. The number of aromatic nitrogens is 2. The molecule has 0 bridgehead atoms. The first kappa shape index (κ1) is 24.2. The van der Waals surface area contributed by atoms with Crippen LogP contribution in [0, 0.1) is 11.6 Å². The summed E-state index contributed by atoms with van der Waals surface area (Å²) in [7, 11) is 0. The number of benzene rings is 2. The van der Waals surface area contributed by atoms with Crippen molar-refractivity contribution in [1.29, 1.82) is 0 Å². The molecule has 2 aromatic carbocycles. The highest BCUT2D eigenvalue weighted by Gasteiger charge is 2.26. The minimum absolute atomic E-state index is 0.0535. The number of nitrogens with one attached hydrogen (secondary N) is 1. The van der Waals surface area contributed by atoms with Gasteiger partial charge in [0.05, 0.1) is 16.8 Å². The highest BCUT2D eigenvalue weighted by atomic mass is 32.2. The highest BCUT2D eigenvalue weighted by molar-refractivity contribution is 7.80. The Morgan fingerprint density at radius 1 is 1.17 bits per heavy atom. The van der Waals surface area contributed by atoms with Crippen LogP contribution in [0.5, 0.6) is 0 Å². The number of ketones is 1. The van der Waals surface area contributed by atoms with E-state index in [9.17, 15) is 27.8 Å². The highest BCUT2D eigenvalue weighted by Crippen LogP contribution is 2.31. The zero-order valence-electron chi connectivity index (χ0n) is 18.2. The lowest BCUT2D eigenvalue weighted by Crippen LogP contribution is -2.28. The molecule has 0 spiro atoms. The van der Waals surface area contributed by atoms with Gasteiger partial charge >= 0.3 is 5.97 Å². The Hall–Kier alpha value is -3.96. The Morgan fingerprint density at radius 2 is 1.94 bits per heavy atom. The molecular formula is C24H18F2N3O5S-. The molecule has 0 aliphatic heterocycles. The van der Waals surface area contributed by atoms with E-state index in [2.05, 4.69) is 9.97 Å². The summed E-state index contributed by atoms with van der Waals surface area (Å²) in [4.78, 5) is 31.6. The molecule has 0 fully saturated rings. The summed E-state index contributed by atoms with van der Waals surface area (Å²) in [6, 6.07) is 9.46. The summed E-state index contributed by atoms with van der Waals surface area (Å²) in [5.74, 6) is -4.54. The van der Waals surface area contributed by atoms with Crippen LogP contribution in [0.4, 0.5) is 14.5 Å². The predicted molar refractivity (Wildman–Crippen MR) is 125 cm³/mol. The molecule has 0 amide bonds. The van der Waals surface area contributed by atoms with Crippen LogP contribution < -0.4 is 4.31 Å². The second-order valence-electron chi connectivity index (χ2n) is 7.61. The number of hydrogen-bond acceptors (Lipinski definition) is 5. The maximum Gasteiger partial charge on any atom is 0.335 e. The van der Waals surface area contributed by atoms with E-state index in [1.165, 1.54) is 24.5 Å². The number of halogens is 2. The number of H-pyrrole nitrogens is 1. The molecule has 180 valence electrons. The first-order chi connectivity index (χ1) is 16.7. The summed E-state index contributed by atoms with van der Waals surface area (Å²) in [5.41, 5.74) is -0.0736. The van der Waals surface area contributed by atoms with Gasteiger partial charge in [0, 0.05) is 46.7 Å². The molecular weight excluding hydrogens is 480 g/mol. The number of carbonyl (C=O) groups is 2. The van der Waals surface area contributed by atoms with Gasteiger partial charge in [-0.25, -0.2) is 18.6 Å². The van der Waals surface area contributed by atoms with Gasteiger partial charge in [-0.2, -0.15) is 0 Å². The van der Waals surface area contributed by atoms with Crippen molar-refractivity contribution in [3.63, 3.8) is 0 Å². The predicted octanol–water partition coefficient (Wildman–Crippen LogP) is 4.45. The van der Waals surface area contributed by atoms with Crippen LogP contribution in [0.15, 0.2) is 54.9 Å². The quantitative estimate of drug-likeness (QED) is 0.273. The van der Waals surface area contributed by atoms with E-state index < -0.39 is 45.9 Å². The third kappa shape index (κ3) is 4.55. The number of fused-ring (bicyclic) bond motifs is 1. The van der Waals surface area contributed by atoms with Gasteiger partial charge in [0.2, 0.25) is 5.78 Å². The van der Waals surface area contributed by atoms with Crippen LogP contribution in [-0.2, 0) is 11.3 Å². The van der Waals surface area contributed by atoms with Crippen LogP contribution in [0.25, 0.3) is 22.2 Å². The van der Waals surface area contributed by atoms with Crippen molar-refractivity contribution in [3.05, 3.63) is 83.2 Å².